The maximum atomic E-state index is 5.96. The first-order chi connectivity index (χ1) is 11.1. The average Bonchev–Trinajstić information content (AvgIpc) is 2.56. The van der Waals surface area contributed by atoms with Gasteiger partial charge < -0.3 is 10.1 Å². The number of hydrogen-bond acceptors (Lipinski definition) is 5. The number of nitrogens with one attached hydrogen (secondary N) is 1. The molecular formula is C18H24N4O. The fourth-order valence-corrected chi connectivity index (χ4v) is 2.88. The van der Waals surface area contributed by atoms with Crippen LogP contribution in [0.3, 0.4) is 0 Å². The van der Waals surface area contributed by atoms with Gasteiger partial charge in [0.2, 0.25) is 0 Å². The van der Waals surface area contributed by atoms with Crippen molar-refractivity contribution in [2.75, 3.05) is 32.1 Å². The molecular weight excluding hydrogens is 288 g/mol. The van der Waals surface area contributed by atoms with E-state index in [1.165, 1.54) is 5.56 Å². The molecule has 0 spiro atoms. The molecule has 1 aliphatic heterocycles. The van der Waals surface area contributed by atoms with Gasteiger partial charge in [-0.3, -0.25) is 14.9 Å². The quantitative estimate of drug-likeness (QED) is 0.941. The van der Waals surface area contributed by atoms with Crippen LogP contribution in [0.25, 0.3) is 0 Å². The summed E-state index contributed by atoms with van der Waals surface area (Å²) in [6, 6.07) is 8.34. The van der Waals surface area contributed by atoms with Crippen LogP contribution in [0.2, 0.25) is 0 Å². The minimum Gasteiger partial charge on any atom is -0.388 e. The van der Waals surface area contributed by atoms with Crippen LogP contribution in [0, 0.1) is 13.8 Å². The molecule has 5 nitrogen and oxygen atoms in total. The molecule has 2 aromatic rings. The van der Waals surface area contributed by atoms with Gasteiger partial charge in [0.1, 0.15) is 6.10 Å². The average molecular weight is 312 g/mol. The lowest BCUT2D eigenvalue weighted by atomic mass is 10.1. The second-order valence-corrected chi connectivity index (χ2v) is 6.07. The molecule has 0 unspecified atom stereocenters. The van der Waals surface area contributed by atoms with Crippen molar-refractivity contribution in [3.05, 3.63) is 53.1 Å². The van der Waals surface area contributed by atoms with E-state index >= 15 is 0 Å². The second kappa shape index (κ2) is 7.06. The van der Waals surface area contributed by atoms with Gasteiger partial charge in [0.15, 0.2) is 0 Å². The fraction of sp³-hybridized carbons (Fsp3) is 0.444. The monoisotopic (exact) mass is 312 g/mol. The molecule has 0 saturated carbocycles. The smallest absolute Gasteiger partial charge is 0.112 e. The molecule has 1 saturated heterocycles. The van der Waals surface area contributed by atoms with Gasteiger partial charge in [-0.1, -0.05) is 6.07 Å². The summed E-state index contributed by atoms with van der Waals surface area (Å²) in [6.45, 7) is 7.45. The number of morpholine rings is 1. The van der Waals surface area contributed by atoms with E-state index in [9.17, 15) is 0 Å². The number of aromatic nitrogens is 2. The van der Waals surface area contributed by atoms with Crippen molar-refractivity contribution in [2.24, 2.45) is 0 Å². The molecule has 1 fully saturated rings. The number of rotatable bonds is 4. The van der Waals surface area contributed by atoms with Gasteiger partial charge in [-0.25, -0.2) is 0 Å². The Morgan fingerprint density at radius 2 is 2.13 bits per heavy atom. The first-order valence-electron chi connectivity index (χ1n) is 8.06. The van der Waals surface area contributed by atoms with E-state index in [-0.39, 0.29) is 6.10 Å². The largest absolute Gasteiger partial charge is 0.388 e. The van der Waals surface area contributed by atoms with Crippen molar-refractivity contribution in [3.8, 4) is 0 Å². The zero-order chi connectivity index (χ0) is 16.2. The van der Waals surface area contributed by atoms with Gasteiger partial charge in [-0.05, 0) is 37.6 Å². The second-order valence-electron chi connectivity index (χ2n) is 6.07. The summed E-state index contributed by atoms with van der Waals surface area (Å²) in [5.74, 6) is 0. The molecule has 1 atom stereocenters. The lowest BCUT2D eigenvalue weighted by Gasteiger charge is -2.32. The standard InChI is InChI=1S/C18H24N4O/c1-13-4-5-15(10-20-13)11-22-6-7-23-18(12-22)17-9-16(19-3)8-14(2)21-17/h4-5,8-10,18H,6-7,11-12H2,1-3H3,(H,19,21)/t18-/m1/s1. The Morgan fingerprint density at radius 3 is 2.87 bits per heavy atom. The molecule has 3 heterocycles. The summed E-state index contributed by atoms with van der Waals surface area (Å²) in [6.07, 6.45) is 1.98. The van der Waals surface area contributed by atoms with Crippen LogP contribution in [0.4, 0.5) is 5.69 Å². The van der Waals surface area contributed by atoms with Crippen LogP contribution in [0.1, 0.15) is 28.7 Å². The third kappa shape index (κ3) is 4.06. The Hall–Kier alpha value is -1.98. The van der Waals surface area contributed by atoms with Gasteiger partial charge in [-0.2, -0.15) is 0 Å². The van der Waals surface area contributed by atoms with Crippen molar-refractivity contribution in [1.82, 2.24) is 14.9 Å². The molecule has 0 bridgehead atoms. The number of pyridine rings is 2. The highest BCUT2D eigenvalue weighted by atomic mass is 16.5. The molecule has 2 aromatic heterocycles. The molecule has 0 amide bonds. The molecule has 3 rings (SSSR count). The van der Waals surface area contributed by atoms with Crippen LogP contribution in [0.15, 0.2) is 30.5 Å². The lowest BCUT2D eigenvalue weighted by Crippen LogP contribution is -2.38. The van der Waals surface area contributed by atoms with Crippen LogP contribution in [0.5, 0.6) is 0 Å². The van der Waals surface area contributed by atoms with Crippen LogP contribution < -0.4 is 5.32 Å². The lowest BCUT2D eigenvalue weighted by molar-refractivity contribution is -0.0350. The van der Waals surface area contributed by atoms with Crippen molar-refractivity contribution >= 4 is 5.69 Å². The van der Waals surface area contributed by atoms with Crippen LogP contribution in [-0.4, -0.2) is 41.6 Å². The Bertz CT molecular complexity index is 657. The number of ether oxygens (including phenoxy) is 1. The van der Waals surface area contributed by atoms with E-state index in [0.717, 1.165) is 49.0 Å². The molecule has 5 heteroatoms. The van der Waals surface area contributed by atoms with E-state index in [1.54, 1.807) is 0 Å². The molecule has 1 N–H and O–H groups in total. The van der Waals surface area contributed by atoms with E-state index in [4.69, 9.17) is 4.74 Å². The van der Waals surface area contributed by atoms with E-state index in [0.29, 0.717) is 0 Å². The summed E-state index contributed by atoms with van der Waals surface area (Å²) < 4.78 is 5.96. The molecule has 0 radical (unpaired) electrons. The SMILES string of the molecule is CNc1cc(C)nc([C@H]2CN(Cc3ccc(C)nc3)CCO2)c1. The van der Waals surface area contributed by atoms with Crippen molar-refractivity contribution in [2.45, 2.75) is 26.5 Å². The normalized spacial score (nSPS) is 18.8. The Morgan fingerprint density at radius 1 is 1.26 bits per heavy atom. The van der Waals surface area contributed by atoms with Crippen LogP contribution >= 0.6 is 0 Å². The van der Waals surface area contributed by atoms with Gasteiger partial charge in [-0.15, -0.1) is 0 Å². The zero-order valence-corrected chi connectivity index (χ0v) is 14.0. The fourth-order valence-electron chi connectivity index (χ4n) is 2.88. The predicted molar refractivity (Wildman–Crippen MR) is 91.5 cm³/mol. The zero-order valence-electron chi connectivity index (χ0n) is 14.0. The molecule has 122 valence electrons. The van der Waals surface area contributed by atoms with Gasteiger partial charge >= 0.3 is 0 Å². The summed E-state index contributed by atoms with van der Waals surface area (Å²) in [4.78, 5) is 11.4. The predicted octanol–water partition coefficient (Wildman–Crippen LogP) is 2.71. The van der Waals surface area contributed by atoms with Gasteiger partial charge in [0.05, 0.1) is 12.3 Å². The highest BCUT2D eigenvalue weighted by Gasteiger charge is 2.23. The number of hydrogen-bond donors (Lipinski definition) is 1. The van der Waals surface area contributed by atoms with E-state index in [2.05, 4.69) is 38.4 Å². The maximum Gasteiger partial charge on any atom is 0.112 e. The number of aryl methyl sites for hydroxylation is 2. The molecule has 23 heavy (non-hydrogen) atoms. The van der Waals surface area contributed by atoms with Crippen molar-refractivity contribution < 1.29 is 4.74 Å². The first-order valence-corrected chi connectivity index (χ1v) is 8.06. The maximum absolute atomic E-state index is 5.96. The third-order valence-corrected chi connectivity index (χ3v) is 4.12. The highest BCUT2D eigenvalue weighted by molar-refractivity contribution is 5.45. The highest BCUT2D eigenvalue weighted by Crippen LogP contribution is 2.24. The third-order valence-electron chi connectivity index (χ3n) is 4.12. The molecule has 0 aliphatic carbocycles. The minimum absolute atomic E-state index is 0.0224. The molecule has 1 aliphatic rings. The summed E-state index contributed by atoms with van der Waals surface area (Å²) in [7, 11) is 1.93. The molecule has 0 aromatic carbocycles. The van der Waals surface area contributed by atoms with Gasteiger partial charge in [0, 0.05) is 50.0 Å². The van der Waals surface area contributed by atoms with E-state index in [1.807, 2.05) is 33.2 Å². The van der Waals surface area contributed by atoms with Crippen molar-refractivity contribution in [1.29, 1.82) is 0 Å². The van der Waals surface area contributed by atoms with Crippen molar-refractivity contribution in [3.63, 3.8) is 0 Å². The summed E-state index contributed by atoms with van der Waals surface area (Å²) >= 11 is 0. The minimum atomic E-state index is 0.0224. The topological polar surface area (TPSA) is 50.3 Å². The number of nitrogens with zero attached hydrogens (tertiary/aromatic N) is 3. The van der Waals surface area contributed by atoms with Gasteiger partial charge in [0.25, 0.3) is 0 Å². The number of anilines is 1. The Kier molecular flexibility index (Phi) is 4.88. The Balaban J connectivity index is 1.70. The Labute approximate surface area is 137 Å². The van der Waals surface area contributed by atoms with Crippen LogP contribution in [-0.2, 0) is 11.3 Å². The van der Waals surface area contributed by atoms with E-state index < -0.39 is 0 Å². The summed E-state index contributed by atoms with van der Waals surface area (Å²) in [5, 5.41) is 3.19. The summed E-state index contributed by atoms with van der Waals surface area (Å²) in [5.41, 5.74) is 5.38. The first kappa shape index (κ1) is 15.9.